The first kappa shape index (κ1) is 14.4. The molecule has 0 spiro atoms. The van der Waals surface area contributed by atoms with Gasteiger partial charge in [0.05, 0.1) is 12.2 Å². The number of benzene rings is 1. The number of hydrogen-bond acceptors (Lipinski definition) is 3. The highest BCUT2D eigenvalue weighted by atomic mass is 79.9. The maximum atomic E-state index is 11.6. The zero-order valence-electron chi connectivity index (χ0n) is 9.33. The maximum Gasteiger partial charge on any atom is 0.339 e. The second-order valence-corrected chi connectivity index (χ2v) is 4.92. The molecular weight excluding hydrogens is 352 g/mol. The van der Waals surface area contributed by atoms with Crippen molar-refractivity contribution >= 4 is 43.6 Å². The zero-order valence-corrected chi connectivity index (χ0v) is 12.5. The van der Waals surface area contributed by atoms with Crippen LogP contribution in [0.2, 0.25) is 0 Å². The highest BCUT2D eigenvalue weighted by Gasteiger charge is 2.13. The summed E-state index contributed by atoms with van der Waals surface area (Å²) in [6, 6.07) is 4.89. The van der Waals surface area contributed by atoms with Gasteiger partial charge in [0.2, 0.25) is 0 Å². The molecule has 1 aromatic carbocycles. The van der Waals surface area contributed by atoms with E-state index < -0.39 is 0 Å². The van der Waals surface area contributed by atoms with E-state index in [2.05, 4.69) is 31.9 Å². The molecule has 3 nitrogen and oxygen atoms in total. The van der Waals surface area contributed by atoms with Gasteiger partial charge in [0.15, 0.2) is 5.78 Å². The Morgan fingerprint density at radius 1 is 1.35 bits per heavy atom. The first-order valence-electron chi connectivity index (χ1n) is 5.16. The van der Waals surface area contributed by atoms with E-state index in [0.717, 1.165) is 0 Å². The van der Waals surface area contributed by atoms with E-state index in [-0.39, 0.29) is 11.8 Å². The van der Waals surface area contributed by atoms with Gasteiger partial charge in [-0.3, -0.25) is 4.79 Å². The Morgan fingerprint density at radius 2 is 2.06 bits per heavy atom. The largest absolute Gasteiger partial charge is 0.462 e. The molecule has 0 heterocycles. The van der Waals surface area contributed by atoms with Gasteiger partial charge in [-0.2, -0.15) is 0 Å². The van der Waals surface area contributed by atoms with Gasteiger partial charge >= 0.3 is 5.97 Å². The molecule has 5 heteroatoms. The third-order valence-electron chi connectivity index (χ3n) is 2.11. The lowest BCUT2D eigenvalue weighted by Gasteiger charge is -2.06. The highest BCUT2D eigenvalue weighted by molar-refractivity contribution is 9.10. The number of carbonyl (C=O) groups excluding carboxylic acids is 2. The number of rotatable bonds is 5. The summed E-state index contributed by atoms with van der Waals surface area (Å²) >= 11 is 6.49. The van der Waals surface area contributed by atoms with E-state index >= 15 is 0 Å². The summed E-state index contributed by atoms with van der Waals surface area (Å²) in [6.45, 7) is 2.08. The van der Waals surface area contributed by atoms with E-state index in [9.17, 15) is 9.59 Å². The Balaban J connectivity index is 2.93. The summed E-state index contributed by atoms with van der Waals surface area (Å²) in [4.78, 5) is 23.2. The van der Waals surface area contributed by atoms with Crippen LogP contribution in [-0.4, -0.2) is 23.7 Å². The number of alkyl halides is 1. The number of halogens is 2. The van der Waals surface area contributed by atoms with Gasteiger partial charge in [-0.25, -0.2) is 4.79 Å². The minimum atomic E-state index is -0.390. The predicted octanol–water partition coefficient (Wildman–Crippen LogP) is 3.59. The molecule has 1 aromatic rings. The van der Waals surface area contributed by atoms with Gasteiger partial charge in [-0.05, 0) is 35.0 Å². The lowest BCUT2D eigenvalue weighted by Crippen LogP contribution is -2.07. The molecule has 0 amide bonds. The zero-order chi connectivity index (χ0) is 12.8. The molecule has 0 saturated heterocycles. The quantitative estimate of drug-likeness (QED) is 0.456. The van der Waals surface area contributed by atoms with Crippen LogP contribution in [0.1, 0.15) is 34.1 Å². The Kier molecular flexibility index (Phi) is 5.85. The molecule has 0 saturated carbocycles. The van der Waals surface area contributed by atoms with Crippen molar-refractivity contribution in [3.63, 3.8) is 0 Å². The number of ether oxygens (including phenoxy) is 1. The van der Waals surface area contributed by atoms with Gasteiger partial charge in [-0.1, -0.05) is 22.0 Å². The molecular formula is C12H12Br2O3. The lowest BCUT2D eigenvalue weighted by atomic mass is 10.1. The average molecular weight is 364 g/mol. The van der Waals surface area contributed by atoms with Crippen molar-refractivity contribution in [2.24, 2.45) is 0 Å². The Bertz CT molecular complexity index is 430. The third kappa shape index (κ3) is 3.92. The molecule has 0 atom stereocenters. The maximum absolute atomic E-state index is 11.6. The van der Waals surface area contributed by atoms with Crippen molar-refractivity contribution < 1.29 is 14.3 Å². The number of ketones is 1. The van der Waals surface area contributed by atoms with Crippen LogP contribution in [-0.2, 0) is 4.74 Å². The topological polar surface area (TPSA) is 43.4 Å². The minimum Gasteiger partial charge on any atom is -0.462 e. The number of Topliss-reactive ketones (excluding diaryl/α,β-unsaturated/α-hetero) is 1. The molecule has 0 aromatic heterocycles. The monoisotopic (exact) mass is 362 g/mol. The van der Waals surface area contributed by atoms with Crippen LogP contribution in [0.5, 0.6) is 0 Å². The van der Waals surface area contributed by atoms with E-state index in [1.807, 2.05) is 0 Å². The minimum absolute atomic E-state index is 0.0398. The summed E-state index contributed by atoms with van der Waals surface area (Å²) in [6.07, 6.45) is 0.436. The fourth-order valence-corrected chi connectivity index (χ4v) is 2.19. The van der Waals surface area contributed by atoms with Gasteiger partial charge in [0.1, 0.15) is 0 Å². The molecule has 1 rings (SSSR count). The standard InChI is InChI=1S/C12H12Br2O3/c1-2-17-12(16)9-4-3-8(7-10(9)14)11(15)5-6-13/h3-4,7H,2,5-6H2,1H3. The first-order chi connectivity index (χ1) is 8.10. The van der Waals surface area contributed by atoms with Crippen LogP contribution in [0.15, 0.2) is 22.7 Å². The first-order valence-corrected chi connectivity index (χ1v) is 7.07. The van der Waals surface area contributed by atoms with Crippen molar-refractivity contribution in [1.82, 2.24) is 0 Å². The van der Waals surface area contributed by atoms with Crippen molar-refractivity contribution in [3.05, 3.63) is 33.8 Å². The summed E-state index contributed by atoms with van der Waals surface area (Å²) in [5, 5.41) is 0.628. The van der Waals surface area contributed by atoms with Crippen LogP contribution in [0.25, 0.3) is 0 Å². The Morgan fingerprint density at radius 3 is 2.59 bits per heavy atom. The molecule has 0 radical (unpaired) electrons. The van der Waals surface area contributed by atoms with E-state index in [0.29, 0.717) is 34.0 Å². The fraction of sp³-hybridized carbons (Fsp3) is 0.333. The van der Waals surface area contributed by atoms with Crippen molar-refractivity contribution in [2.75, 3.05) is 11.9 Å². The second kappa shape index (κ2) is 6.91. The second-order valence-electron chi connectivity index (χ2n) is 3.28. The molecule has 0 aliphatic carbocycles. The van der Waals surface area contributed by atoms with Gasteiger partial charge in [0.25, 0.3) is 0 Å². The van der Waals surface area contributed by atoms with Crippen molar-refractivity contribution in [2.45, 2.75) is 13.3 Å². The third-order valence-corrected chi connectivity index (χ3v) is 3.16. The molecule has 0 fully saturated rings. The number of esters is 1. The normalized spacial score (nSPS) is 10.1. The molecule has 17 heavy (non-hydrogen) atoms. The van der Waals surface area contributed by atoms with Crippen LogP contribution in [0.3, 0.4) is 0 Å². The fourth-order valence-electron chi connectivity index (χ4n) is 1.29. The highest BCUT2D eigenvalue weighted by Crippen LogP contribution is 2.20. The van der Waals surface area contributed by atoms with Crippen LogP contribution < -0.4 is 0 Å². The molecule has 0 unspecified atom stereocenters. The van der Waals surface area contributed by atoms with Gasteiger partial charge < -0.3 is 4.74 Å². The van der Waals surface area contributed by atoms with Gasteiger partial charge in [0, 0.05) is 21.8 Å². The number of hydrogen-bond donors (Lipinski definition) is 0. The Labute approximate surface area is 117 Å². The van der Waals surface area contributed by atoms with E-state index in [1.165, 1.54) is 0 Å². The SMILES string of the molecule is CCOC(=O)c1ccc(C(=O)CCBr)cc1Br. The average Bonchev–Trinajstić information content (AvgIpc) is 2.29. The summed E-state index contributed by atoms with van der Waals surface area (Å²) in [5.41, 5.74) is 1.02. The lowest BCUT2D eigenvalue weighted by molar-refractivity contribution is 0.0525. The number of carbonyl (C=O) groups is 2. The Hall–Kier alpha value is -0.680. The molecule has 0 bridgehead atoms. The molecule has 0 N–H and O–H groups in total. The van der Waals surface area contributed by atoms with Crippen molar-refractivity contribution in [1.29, 1.82) is 0 Å². The van der Waals surface area contributed by atoms with E-state index in [4.69, 9.17) is 4.74 Å². The van der Waals surface area contributed by atoms with Crippen molar-refractivity contribution in [3.8, 4) is 0 Å². The molecule has 92 valence electrons. The predicted molar refractivity (Wildman–Crippen MR) is 72.8 cm³/mol. The van der Waals surface area contributed by atoms with E-state index in [1.54, 1.807) is 25.1 Å². The smallest absolute Gasteiger partial charge is 0.339 e. The summed E-state index contributed by atoms with van der Waals surface area (Å²) < 4.78 is 5.48. The molecule has 0 aliphatic heterocycles. The van der Waals surface area contributed by atoms with Crippen LogP contribution in [0.4, 0.5) is 0 Å². The summed E-state index contributed by atoms with van der Waals surface area (Å²) in [7, 11) is 0. The summed E-state index contributed by atoms with van der Waals surface area (Å²) in [5.74, 6) is -0.350. The van der Waals surface area contributed by atoms with Crippen LogP contribution in [0, 0.1) is 0 Å². The van der Waals surface area contributed by atoms with Gasteiger partial charge in [-0.15, -0.1) is 0 Å². The molecule has 0 aliphatic rings. The van der Waals surface area contributed by atoms with Crippen LogP contribution >= 0.6 is 31.9 Å².